The SMILES string of the molecule is CN1CCN(C)C2=C1CC(C#N)(C#N)C(C#N)(C#N)C2. The van der Waals surface area contributed by atoms with Gasteiger partial charge in [0.2, 0.25) is 0 Å². The van der Waals surface area contributed by atoms with E-state index in [0.717, 1.165) is 24.5 Å². The fourth-order valence-electron chi connectivity index (χ4n) is 2.88. The standard InChI is InChI=1S/C14H14N6/c1-19-3-4-20(2)12-6-14(9-17,10-18)13(7-15,8-16)5-11(12)19/h3-6H2,1-2H3. The van der Waals surface area contributed by atoms with E-state index < -0.39 is 10.8 Å². The van der Waals surface area contributed by atoms with E-state index in [2.05, 4.69) is 0 Å². The molecular weight excluding hydrogens is 252 g/mol. The molecule has 0 radical (unpaired) electrons. The predicted octanol–water partition coefficient (Wildman–Crippen LogP) is 0.936. The number of hydrogen-bond acceptors (Lipinski definition) is 6. The van der Waals surface area contributed by atoms with Gasteiger partial charge in [-0.2, -0.15) is 21.0 Å². The molecule has 0 saturated heterocycles. The van der Waals surface area contributed by atoms with Crippen molar-refractivity contribution in [2.45, 2.75) is 12.8 Å². The van der Waals surface area contributed by atoms with E-state index >= 15 is 0 Å². The summed E-state index contributed by atoms with van der Waals surface area (Å²) in [5.74, 6) is 0. The Kier molecular flexibility index (Phi) is 3.05. The van der Waals surface area contributed by atoms with E-state index in [9.17, 15) is 21.0 Å². The van der Waals surface area contributed by atoms with E-state index in [1.165, 1.54) is 0 Å². The Morgan fingerprint density at radius 2 is 1.05 bits per heavy atom. The van der Waals surface area contributed by atoms with Crippen LogP contribution in [0.5, 0.6) is 0 Å². The average Bonchev–Trinajstić information content (AvgIpc) is 2.49. The summed E-state index contributed by atoms with van der Waals surface area (Å²) < 4.78 is 0. The van der Waals surface area contributed by atoms with Crippen molar-refractivity contribution >= 4 is 0 Å². The van der Waals surface area contributed by atoms with Gasteiger partial charge in [0.05, 0.1) is 24.3 Å². The van der Waals surface area contributed by atoms with Crippen molar-refractivity contribution in [2.75, 3.05) is 27.2 Å². The third-order valence-corrected chi connectivity index (χ3v) is 4.38. The van der Waals surface area contributed by atoms with Gasteiger partial charge >= 0.3 is 0 Å². The molecular formula is C14H14N6. The maximum atomic E-state index is 9.45. The maximum absolute atomic E-state index is 9.45. The van der Waals surface area contributed by atoms with Crippen LogP contribution in [0.25, 0.3) is 0 Å². The van der Waals surface area contributed by atoms with Gasteiger partial charge in [-0.25, -0.2) is 0 Å². The molecule has 0 amide bonds. The predicted molar refractivity (Wildman–Crippen MR) is 68.8 cm³/mol. The van der Waals surface area contributed by atoms with Gasteiger partial charge in [0.1, 0.15) is 0 Å². The van der Waals surface area contributed by atoms with Gasteiger partial charge in [0, 0.05) is 51.4 Å². The summed E-state index contributed by atoms with van der Waals surface area (Å²) in [7, 11) is 3.82. The van der Waals surface area contributed by atoms with Crippen molar-refractivity contribution < 1.29 is 0 Å². The molecule has 100 valence electrons. The second-order valence-electron chi connectivity index (χ2n) is 5.35. The molecule has 1 heterocycles. The fraction of sp³-hybridized carbons (Fsp3) is 0.571. The van der Waals surface area contributed by atoms with Crippen LogP contribution in [0.2, 0.25) is 0 Å². The Hall–Kier alpha value is -2.70. The first-order chi connectivity index (χ1) is 9.49. The zero-order chi connectivity index (χ0) is 15.0. The van der Waals surface area contributed by atoms with Gasteiger partial charge in [-0.15, -0.1) is 0 Å². The highest BCUT2D eigenvalue weighted by Crippen LogP contribution is 2.53. The zero-order valence-electron chi connectivity index (χ0n) is 11.5. The summed E-state index contributed by atoms with van der Waals surface area (Å²) in [4.78, 5) is 4.02. The fourth-order valence-corrected chi connectivity index (χ4v) is 2.88. The van der Waals surface area contributed by atoms with Crippen molar-refractivity contribution in [3.63, 3.8) is 0 Å². The Morgan fingerprint density at radius 3 is 1.30 bits per heavy atom. The molecule has 0 unspecified atom stereocenters. The van der Waals surface area contributed by atoms with Crippen LogP contribution in [0.15, 0.2) is 11.4 Å². The van der Waals surface area contributed by atoms with E-state index in [1.54, 1.807) is 0 Å². The molecule has 2 aliphatic rings. The van der Waals surface area contributed by atoms with Gasteiger partial charge in [-0.3, -0.25) is 0 Å². The Labute approximate surface area is 118 Å². The quantitative estimate of drug-likeness (QED) is 0.646. The van der Waals surface area contributed by atoms with Crippen LogP contribution in [0.1, 0.15) is 12.8 Å². The van der Waals surface area contributed by atoms with Crippen molar-refractivity contribution in [1.29, 1.82) is 21.0 Å². The highest BCUT2D eigenvalue weighted by molar-refractivity contribution is 5.43. The molecule has 0 aromatic heterocycles. The lowest BCUT2D eigenvalue weighted by atomic mass is 9.58. The average molecular weight is 266 g/mol. The first-order valence-corrected chi connectivity index (χ1v) is 6.28. The molecule has 1 aliphatic carbocycles. The highest BCUT2D eigenvalue weighted by Gasteiger charge is 2.59. The molecule has 0 atom stereocenters. The molecule has 0 saturated carbocycles. The normalized spacial score (nSPS) is 22.9. The van der Waals surface area contributed by atoms with E-state index in [-0.39, 0.29) is 12.8 Å². The Bertz CT molecular complexity index is 549. The molecule has 0 fully saturated rings. The largest absolute Gasteiger partial charge is 0.375 e. The van der Waals surface area contributed by atoms with Crippen molar-refractivity contribution in [2.24, 2.45) is 10.8 Å². The summed E-state index contributed by atoms with van der Waals surface area (Å²) in [5.41, 5.74) is -1.44. The lowest BCUT2D eigenvalue weighted by Crippen LogP contribution is -2.49. The molecule has 0 aromatic carbocycles. The van der Waals surface area contributed by atoms with Gasteiger partial charge in [0.15, 0.2) is 10.8 Å². The minimum atomic E-state index is -1.61. The summed E-state index contributed by atoms with van der Waals surface area (Å²) >= 11 is 0. The summed E-state index contributed by atoms with van der Waals surface area (Å²) in [6.07, 6.45) is 0.245. The van der Waals surface area contributed by atoms with E-state index in [1.807, 2.05) is 48.2 Å². The minimum absolute atomic E-state index is 0.122. The van der Waals surface area contributed by atoms with Crippen LogP contribution >= 0.6 is 0 Å². The second-order valence-corrected chi connectivity index (χ2v) is 5.35. The third-order valence-electron chi connectivity index (χ3n) is 4.38. The topological polar surface area (TPSA) is 102 Å². The van der Waals surface area contributed by atoms with Gasteiger partial charge < -0.3 is 9.80 Å². The molecule has 0 bridgehead atoms. The van der Waals surface area contributed by atoms with Gasteiger partial charge in [0.25, 0.3) is 0 Å². The number of likely N-dealkylation sites (N-methyl/N-ethyl adjacent to an activating group) is 2. The van der Waals surface area contributed by atoms with Crippen molar-refractivity contribution in [3.05, 3.63) is 11.4 Å². The van der Waals surface area contributed by atoms with Crippen LogP contribution in [-0.2, 0) is 0 Å². The van der Waals surface area contributed by atoms with Crippen LogP contribution in [0.3, 0.4) is 0 Å². The van der Waals surface area contributed by atoms with Crippen molar-refractivity contribution in [3.8, 4) is 24.3 Å². The number of hydrogen-bond donors (Lipinski definition) is 0. The third kappa shape index (κ3) is 1.52. The first-order valence-electron chi connectivity index (χ1n) is 6.28. The van der Waals surface area contributed by atoms with Crippen LogP contribution in [-0.4, -0.2) is 37.0 Å². The lowest BCUT2D eigenvalue weighted by molar-refractivity contribution is 0.168. The number of nitriles is 4. The van der Waals surface area contributed by atoms with E-state index in [4.69, 9.17) is 0 Å². The van der Waals surface area contributed by atoms with Gasteiger partial charge in [-0.1, -0.05) is 0 Å². The van der Waals surface area contributed by atoms with Crippen LogP contribution < -0.4 is 0 Å². The Balaban J connectivity index is 2.67. The summed E-state index contributed by atoms with van der Waals surface area (Å²) in [6.45, 7) is 1.60. The zero-order valence-corrected chi connectivity index (χ0v) is 11.5. The number of nitrogens with zero attached hydrogens (tertiary/aromatic N) is 6. The molecule has 0 aromatic rings. The van der Waals surface area contributed by atoms with Gasteiger partial charge in [-0.05, 0) is 0 Å². The highest BCUT2D eigenvalue weighted by atomic mass is 15.2. The molecule has 6 nitrogen and oxygen atoms in total. The second kappa shape index (κ2) is 4.44. The molecule has 1 aliphatic heterocycles. The van der Waals surface area contributed by atoms with Crippen LogP contribution in [0.4, 0.5) is 0 Å². The smallest absolute Gasteiger partial charge is 0.181 e. The van der Waals surface area contributed by atoms with E-state index in [0.29, 0.717) is 0 Å². The maximum Gasteiger partial charge on any atom is 0.181 e. The van der Waals surface area contributed by atoms with Crippen molar-refractivity contribution in [1.82, 2.24) is 9.80 Å². The Morgan fingerprint density at radius 1 is 0.750 bits per heavy atom. The summed E-state index contributed by atoms with van der Waals surface area (Å²) in [6, 6.07) is 7.77. The first kappa shape index (κ1) is 13.7. The minimum Gasteiger partial charge on any atom is -0.375 e. The molecule has 2 rings (SSSR count). The monoisotopic (exact) mass is 266 g/mol. The van der Waals surface area contributed by atoms with Crippen LogP contribution in [0, 0.1) is 56.2 Å². The lowest BCUT2D eigenvalue weighted by Gasteiger charge is -2.46. The molecule has 0 spiro atoms. The number of rotatable bonds is 0. The summed E-state index contributed by atoms with van der Waals surface area (Å²) in [5, 5.41) is 37.8. The number of allylic oxidation sites excluding steroid dienone is 2. The molecule has 6 heteroatoms. The molecule has 20 heavy (non-hydrogen) atoms. The molecule has 0 N–H and O–H groups in total.